The molecule has 1 aromatic rings. The van der Waals surface area contributed by atoms with Crippen molar-refractivity contribution in [3.8, 4) is 6.07 Å². The lowest BCUT2D eigenvalue weighted by Crippen LogP contribution is -2.21. The molecule has 1 rings (SSSR count). The topological polar surface area (TPSA) is 27.0 Å². The molecular formula is C14H20N2S. The molecular weight excluding hydrogens is 228 g/mol. The summed E-state index contributed by atoms with van der Waals surface area (Å²) in [4.78, 5) is 2.16. The summed E-state index contributed by atoms with van der Waals surface area (Å²) < 4.78 is 0. The molecule has 0 N–H and O–H groups in total. The van der Waals surface area contributed by atoms with Crippen LogP contribution in [0, 0.1) is 17.2 Å². The fraction of sp³-hybridized carbons (Fsp3) is 0.500. The van der Waals surface area contributed by atoms with Crippen molar-refractivity contribution in [3.63, 3.8) is 0 Å². The van der Waals surface area contributed by atoms with E-state index in [4.69, 9.17) is 5.26 Å². The summed E-state index contributed by atoms with van der Waals surface area (Å²) in [6, 6.07) is 9.98. The SMILES string of the molecule is CC(CCS)CCN(C)c1ccccc1C#N. The Morgan fingerprint density at radius 3 is 2.71 bits per heavy atom. The van der Waals surface area contributed by atoms with Crippen LogP contribution in [0.25, 0.3) is 0 Å². The molecule has 2 nitrogen and oxygen atoms in total. The second kappa shape index (κ2) is 7.24. The van der Waals surface area contributed by atoms with E-state index in [0.29, 0.717) is 5.92 Å². The zero-order valence-corrected chi connectivity index (χ0v) is 11.5. The van der Waals surface area contributed by atoms with E-state index in [-0.39, 0.29) is 0 Å². The van der Waals surface area contributed by atoms with Crippen molar-refractivity contribution in [2.24, 2.45) is 5.92 Å². The van der Waals surface area contributed by atoms with E-state index < -0.39 is 0 Å². The summed E-state index contributed by atoms with van der Waals surface area (Å²) in [5.41, 5.74) is 1.77. The first-order valence-electron chi connectivity index (χ1n) is 6.00. The third kappa shape index (κ3) is 4.32. The highest BCUT2D eigenvalue weighted by molar-refractivity contribution is 7.80. The van der Waals surface area contributed by atoms with Crippen LogP contribution in [0.1, 0.15) is 25.3 Å². The Morgan fingerprint density at radius 1 is 1.35 bits per heavy atom. The standard InChI is InChI=1S/C14H20N2S/c1-12(8-10-17)7-9-16(2)14-6-4-3-5-13(14)11-15/h3-6,12,17H,7-10H2,1-2H3. The monoisotopic (exact) mass is 248 g/mol. The number of thiol groups is 1. The zero-order chi connectivity index (χ0) is 12.7. The van der Waals surface area contributed by atoms with Gasteiger partial charge in [-0.2, -0.15) is 17.9 Å². The number of anilines is 1. The van der Waals surface area contributed by atoms with Crippen molar-refractivity contribution in [1.82, 2.24) is 0 Å². The predicted molar refractivity (Wildman–Crippen MR) is 76.7 cm³/mol. The van der Waals surface area contributed by atoms with Gasteiger partial charge in [0.2, 0.25) is 0 Å². The lowest BCUT2D eigenvalue weighted by atomic mass is 10.0. The number of para-hydroxylation sites is 1. The molecule has 17 heavy (non-hydrogen) atoms. The quantitative estimate of drug-likeness (QED) is 0.782. The fourth-order valence-corrected chi connectivity index (χ4v) is 2.24. The predicted octanol–water partition coefficient (Wildman–Crippen LogP) is 3.34. The molecule has 92 valence electrons. The third-order valence-corrected chi connectivity index (χ3v) is 3.27. The van der Waals surface area contributed by atoms with Gasteiger partial charge in [-0.25, -0.2) is 0 Å². The van der Waals surface area contributed by atoms with Gasteiger partial charge < -0.3 is 4.90 Å². The minimum Gasteiger partial charge on any atom is -0.374 e. The Kier molecular flexibility index (Phi) is 5.93. The minimum absolute atomic E-state index is 0.684. The van der Waals surface area contributed by atoms with Crippen molar-refractivity contribution in [3.05, 3.63) is 29.8 Å². The summed E-state index contributed by atoms with van der Waals surface area (Å²) >= 11 is 4.25. The average molecular weight is 248 g/mol. The molecule has 0 amide bonds. The highest BCUT2D eigenvalue weighted by Gasteiger charge is 2.08. The minimum atomic E-state index is 0.684. The zero-order valence-electron chi connectivity index (χ0n) is 10.6. The molecule has 3 heteroatoms. The molecule has 0 aliphatic carbocycles. The first-order valence-corrected chi connectivity index (χ1v) is 6.63. The molecule has 0 aliphatic heterocycles. The van der Waals surface area contributed by atoms with Gasteiger partial charge in [-0.15, -0.1) is 0 Å². The van der Waals surface area contributed by atoms with Gasteiger partial charge in [0.05, 0.1) is 11.3 Å². The molecule has 0 aliphatic rings. The van der Waals surface area contributed by atoms with Crippen molar-refractivity contribution in [2.75, 3.05) is 24.2 Å². The molecule has 0 bridgehead atoms. The molecule has 0 saturated carbocycles. The van der Waals surface area contributed by atoms with Crippen LogP contribution in [0.2, 0.25) is 0 Å². The van der Waals surface area contributed by atoms with Gasteiger partial charge >= 0.3 is 0 Å². The number of rotatable bonds is 6. The maximum atomic E-state index is 9.04. The Balaban J connectivity index is 2.58. The number of benzene rings is 1. The summed E-state index contributed by atoms with van der Waals surface area (Å²) in [7, 11) is 2.05. The van der Waals surface area contributed by atoms with Gasteiger partial charge in [0, 0.05) is 13.6 Å². The van der Waals surface area contributed by atoms with E-state index in [1.165, 1.54) is 0 Å². The van der Waals surface area contributed by atoms with Crippen LogP contribution in [-0.2, 0) is 0 Å². The van der Waals surface area contributed by atoms with Crippen LogP contribution >= 0.6 is 12.6 Å². The molecule has 0 fully saturated rings. The highest BCUT2D eigenvalue weighted by atomic mass is 32.1. The van der Waals surface area contributed by atoms with Crippen LogP contribution in [0.5, 0.6) is 0 Å². The Bertz CT molecular complexity index is 384. The summed E-state index contributed by atoms with van der Waals surface area (Å²) in [6.07, 6.45) is 2.29. The van der Waals surface area contributed by atoms with Gasteiger partial charge in [-0.3, -0.25) is 0 Å². The molecule has 1 aromatic carbocycles. The lowest BCUT2D eigenvalue weighted by molar-refractivity contribution is 0.522. The van der Waals surface area contributed by atoms with Crippen LogP contribution < -0.4 is 4.90 Å². The van der Waals surface area contributed by atoms with E-state index in [0.717, 1.165) is 36.4 Å². The maximum Gasteiger partial charge on any atom is 0.101 e. The van der Waals surface area contributed by atoms with Crippen molar-refractivity contribution >= 4 is 18.3 Å². The first kappa shape index (κ1) is 13.9. The fourth-order valence-electron chi connectivity index (χ4n) is 1.80. The van der Waals surface area contributed by atoms with Crippen LogP contribution in [0.3, 0.4) is 0 Å². The summed E-state index contributed by atoms with van der Waals surface area (Å²) in [6.45, 7) is 3.23. The molecule has 0 aromatic heterocycles. The van der Waals surface area contributed by atoms with E-state index >= 15 is 0 Å². The Labute approximate surface area is 110 Å². The van der Waals surface area contributed by atoms with Crippen molar-refractivity contribution < 1.29 is 0 Å². The van der Waals surface area contributed by atoms with E-state index in [1.54, 1.807) is 0 Å². The molecule has 0 radical (unpaired) electrons. The van der Waals surface area contributed by atoms with Gasteiger partial charge in [0.15, 0.2) is 0 Å². The highest BCUT2D eigenvalue weighted by Crippen LogP contribution is 2.19. The summed E-state index contributed by atoms with van der Waals surface area (Å²) in [5.74, 6) is 1.63. The van der Waals surface area contributed by atoms with Crippen LogP contribution in [0.15, 0.2) is 24.3 Å². The Hall–Kier alpha value is -1.14. The maximum absolute atomic E-state index is 9.04. The van der Waals surface area contributed by atoms with Crippen molar-refractivity contribution in [2.45, 2.75) is 19.8 Å². The molecule has 0 saturated heterocycles. The van der Waals surface area contributed by atoms with Gasteiger partial charge in [-0.1, -0.05) is 19.1 Å². The molecule has 0 heterocycles. The van der Waals surface area contributed by atoms with E-state index in [9.17, 15) is 0 Å². The Morgan fingerprint density at radius 2 is 2.06 bits per heavy atom. The normalized spacial score (nSPS) is 11.9. The van der Waals surface area contributed by atoms with E-state index in [2.05, 4.69) is 30.5 Å². The first-order chi connectivity index (χ1) is 8.19. The van der Waals surface area contributed by atoms with Crippen LogP contribution in [0.4, 0.5) is 5.69 Å². The molecule has 1 atom stereocenters. The molecule has 0 spiro atoms. The number of hydrogen-bond donors (Lipinski definition) is 1. The third-order valence-electron chi connectivity index (χ3n) is 3.01. The average Bonchev–Trinajstić information content (AvgIpc) is 2.36. The smallest absolute Gasteiger partial charge is 0.101 e. The van der Waals surface area contributed by atoms with Gasteiger partial charge in [0.25, 0.3) is 0 Å². The number of nitriles is 1. The number of nitrogens with zero attached hydrogens (tertiary/aromatic N) is 2. The van der Waals surface area contributed by atoms with Crippen LogP contribution in [-0.4, -0.2) is 19.3 Å². The largest absolute Gasteiger partial charge is 0.374 e. The second-order valence-electron chi connectivity index (χ2n) is 4.46. The van der Waals surface area contributed by atoms with Gasteiger partial charge in [-0.05, 0) is 36.6 Å². The van der Waals surface area contributed by atoms with Gasteiger partial charge in [0.1, 0.15) is 6.07 Å². The second-order valence-corrected chi connectivity index (χ2v) is 4.90. The molecule has 1 unspecified atom stereocenters. The number of hydrogen-bond acceptors (Lipinski definition) is 3. The van der Waals surface area contributed by atoms with Crippen molar-refractivity contribution in [1.29, 1.82) is 5.26 Å². The lowest BCUT2D eigenvalue weighted by Gasteiger charge is -2.22. The van der Waals surface area contributed by atoms with E-state index in [1.807, 2.05) is 31.3 Å². The summed E-state index contributed by atoms with van der Waals surface area (Å²) in [5, 5.41) is 9.04.